The van der Waals surface area contributed by atoms with Crippen molar-refractivity contribution in [2.75, 3.05) is 0 Å². The van der Waals surface area contributed by atoms with Gasteiger partial charge in [0.25, 0.3) is 0 Å². The zero-order chi connectivity index (χ0) is 12.2. The van der Waals surface area contributed by atoms with Crippen molar-refractivity contribution in [2.24, 2.45) is 10.9 Å². The standard InChI is InChI=1S/C16H21N2/c1-2-4-6-10-13(9-5-3-1)16-17-14-11-7-8-12-15(14)18-16/h7-8,11-13H,1-6,9-10H2. The normalized spacial score (nSPS) is 21.2. The average molecular weight is 241 g/mol. The molecule has 0 atom stereocenters. The second-order valence-corrected chi connectivity index (χ2v) is 5.47. The minimum Gasteiger partial charge on any atom is -0.231 e. The van der Waals surface area contributed by atoms with Crippen molar-refractivity contribution in [3.05, 3.63) is 24.3 Å². The number of fused-ring (bicyclic) bond motifs is 1. The van der Waals surface area contributed by atoms with E-state index in [1.807, 2.05) is 12.1 Å². The van der Waals surface area contributed by atoms with Crippen molar-refractivity contribution in [3.8, 4) is 0 Å². The molecule has 3 rings (SSSR count). The summed E-state index contributed by atoms with van der Waals surface area (Å²) < 4.78 is 0. The van der Waals surface area contributed by atoms with Gasteiger partial charge in [0.2, 0.25) is 0 Å². The maximum atomic E-state index is 4.73. The van der Waals surface area contributed by atoms with E-state index in [1.54, 1.807) is 0 Å². The van der Waals surface area contributed by atoms with Crippen molar-refractivity contribution in [1.29, 1.82) is 0 Å². The monoisotopic (exact) mass is 241 g/mol. The molecule has 1 aromatic carbocycles. The van der Waals surface area contributed by atoms with Crippen molar-refractivity contribution < 1.29 is 0 Å². The number of aliphatic imine (C=N–C) groups is 1. The fraction of sp³-hybridized carbons (Fsp3) is 0.562. The lowest BCUT2D eigenvalue weighted by atomic mass is 9.96. The molecule has 0 unspecified atom stereocenters. The van der Waals surface area contributed by atoms with Crippen LogP contribution in [-0.2, 0) is 0 Å². The van der Waals surface area contributed by atoms with Crippen LogP contribution in [0.15, 0.2) is 29.3 Å². The van der Waals surface area contributed by atoms with E-state index in [-0.39, 0.29) is 0 Å². The number of rotatable bonds is 1. The molecule has 0 aromatic heterocycles. The minimum absolute atomic E-state index is 0.593. The van der Waals surface area contributed by atoms with Crippen LogP contribution < -0.4 is 5.32 Å². The summed E-state index contributed by atoms with van der Waals surface area (Å²) in [7, 11) is 0. The lowest BCUT2D eigenvalue weighted by Crippen LogP contribution is -2.19. The molecule has 0 saturated heterocycles. The van der Waals surface area contributed by atoms with Gasteiger partial charge in [0, 0.05) is 5.92 Å². The van der Waals surface area contributed by atoms with E-state index in [9.17, 15) is 0 Å². The molecule has 18 heavy (non-hydrogen) atoms. The van der Waals surface area contributed by atoms with Crippen LogP contribution in [0.3, 0.4) is 0 Å². The lowest BCUT2D eigenvalue weighted by Gasteiger charge is -2.14. The molecule has 1 aliphatic heterocycles. The summed E-state index contributed by atoms with van der Waals surface area (Å²) >= 11 is 0. The fourth-order valence-corrected chi connectivity index (χ4v) is 3.00. The van der Waals surface area contributed by atoms with E-state index in [1.165, 1.54) is 51.4 Å². The molecule has 1 aromatic rings. The van der Waals surface area contributed by atoms with E-state index < -0.39 is 0 Å². The van der Waals surface area contributed by atoms with E-state index in [4.69, 9.17) is 10.3 Å². The first kappa shape index (κ1) is 11.8. The van der Waals surface area contributed by atoms with Crippen LogP contribution in [0.1, 0.15) is 51.4 Å². The highest BCUT2D eigenvalue weighted by atomic mass is 15.1. The van der Waals surface area contributed by atoms with Crippen LogP contribution in [0, 0.1) is 5.92 Å². The minimum atomic E-state index is 0.593. The third kappa shape index (κ3) is 2.58. The quantitative estimate of drug-likeness (QED) is 0.680. The highest BCUT2D eigenvalue weighted by Gasteiger charge is 2.23. The highest BCUT2D eigenvalue weighted by molar-refractivity contribution is 5.97. The van der Waals surface area contributed by atoms with E-state index in [0.717, 1.165) is 17.2 Å². The summed E-state index contributed by atoms with van der Waals surface area (Å²) in [5.41, 5.74) is 2.12. The molecule has 2 aliphatic rings. The predicted octanol–water partition coefficient (Wildman–Crippen LogP) is 4.72. The Bertz CT molecular complexity index is 426. The van der Waals surface area contributed by atoms with E-state index in [2.05, 4.69) is 12.1 Å². The van der Waals surface area contributed by atoms with Gasteiger partial charge in [0.05, 0.1) is 11.4 Å². The van der Waals surface area contributed by atoms with Gasteiger partial charge in [-0.1, -0.05) is 50.7 Å². The molecule has 2 heteroatoms. The van der Waals surface area contributed by atoms with Crippen molar-refractivity contribution in [3.63, 3.8) is 0 Å². The van der Waals surface area contributed by atoms with Crippen LogP contribution in [0.25, 0.3) is 0 Å². The Balaban J connectivity index is 1.71. The Hall–Kier alpha value is -1.31. The smallest absolute Gasteiger partial charge is 0.132 e. The van der Waals surface area contributed by atoms with Crippen LogP contribution >= 0.6 is 0 Å². The van der Waals surface area contributed by atoms with Crippen LogP contribution in [0.4, 0.5) is 11.4 Å². The lowest BCUT2D eigenvalue weighted by molar-refractivity contribution is 0.530. The number of benzene rings is 1. The number of hydrogen-bond donors (Lipinski definition) is 0. The summed E-state index contributed by atoms with van der Waals surface area (Å²) in [5.74, 6) is 1.69. The van der Waals surface area contributed by atoms with E-state index >= 15 is 0 Å². The third-order valence-electron chi connectivity index (χ3n) is 4.07. The summed E-state index contributed by atoms with van der Waals surface area (Å²) in [4.78, 5) is 4.73. The Morgan fingerprint density at radius 2 is 1.39 bits per heavy atom. The molecule has 1 heterocycles. The zero-order valence-corrected chi connectivity index (χ0v) is 10.9. The van der Waals surface area contributed by atoms with Gasteiger partial charge >= 0.3 is 0 Å². The molecule has 1 saturated carbocycles. The SMILES string of the molecule is c1ccc2c(c1)[N]C(C1CCCCCCCC1)=N2. The summed E-state index contributed by atoms with van der Waals surface area (Å²) in [6, 6.07) is 8.23. The zero-order valence-electron chi connectivity index (χ0n) is 10.9. The first-order chi connectivity index (χ1) is 8.93. The van der Waals surface area contributed by atoms with Crippen molar-refractivity contribution in [2.45, 2.75) is 51.4 Å². The molecule has 1 radical (unpaired) electrons. The first-order valence-electron chi connectivity index (χ1n) is 7.33. The summed E-state index contributed by atoms with van der Waals surface area (Å²) in [6.45, 7) is 0. The topological polar surface area (TPSA) is 26.5 Å². The molecule has 0 spiro atoms. The van der Waals surface area contributed by atoms with E-state index in [0.29, 0.717) is 5.92 Å². The van der Waals surface area contributed by atoms with Crippen molar-refractivity contribution >= 4 is 17.2 Å². The summed E-state index contributed by atoms with van der Waals surface area (Å²) in [5, 5.41) is 4.73. The Morgan fingerprint density at radius 3 is 2.06 bits per heavy atom. The van der Waals surface area contributed by atoms with Gasteiger partial charge in [-0.3, -0.25) is 0 Å². The molecule has 0 bridgehead atoms. The number of para-hydroxylation sites is 2. The molecule has 0 amide bonds. The van der Waals surface area contributed by atoms with Gasteiger partial charge in [-0.15, -0.1) is 0 Å². The van der Waals surface area contributed by atoms with Crippen LogP contribution in [0.2, 0.25) is 0 Å². The van der Waals surface area contributed by atoms with Gasteiger partial charge in [-0.25, -0.2) is 10.3 Å². The molecule has 95 valence electrons. The Morgan fingerprint density at radius 1 is 0.778 bits per heavy atom. The Kier molecular flexibility index (Phi) is 3.63. The molecular weight excluding hydrogens is 220 g/mol. The van der Waals surface area contributed by atoms with Gasteiger partial charge in [-0.2, -0.15) is 0 Å². The predicted molar refractivity (Wildman–Crippen MR) is 75.8 cm³/mol. The molecular formula is C16H21N2. The largest absolute Gasteiger partial charge is 0.231 e. The van der Waals surface area contributed by atoms with Crippen LogP contribution in [0.5, 0.6) is 0 Å². The fourth-order valence-electron chi connectivity index (χ4n) is 3.00. The maximum Gasteiger partial charge on any atom is 0.132 e. The molecule has 2 nitrogen and oxygen atoms in total. The average Bonchev–Trinajstić information content (AvgIpc) is 2.87. The molecule has 0 N–H and O–H groups in total. The molecule has 1 fully saturated rings. The van der Waals surface area contributed by atoms with Gasteiger partial charge in [-0.05, 0) is 25.0 Å². The van der Waals surface area contributed by atoms with Gasteiger partial charge < -0.3 is 0 Å². The van der Waals surface area contributed by atoms with Crippen LogP contribution in [-0.4, -0.2) is 5.84 Å². The first-order valence-corrected chi connectivity index (χ1v) is 7.33. The van der Waals surface area contributed by atoms with Gasteiger partial charge in [0.1, 0.15) is 5.84 Å². The second kappa shape index (κ2) is 5.55. The second-order valence-electron chi connectivity index (χ2n) is 5.47. The maximum absolute atomic E-state index is 4.73. The highest BCUT2D eigenvalue weighted by Crippen LogP contribution is 2.34. The third-order valence-corrected chi connectivity index (χ3v) is 4.07. The number of nitrogens with zero attached hydrogens (tertiary/aromatic N) is 2. The summed E-state index contributed by atoms with van der Waals surface area (Å²) in [6.07, 6.45) is 10.8. The number of amidine groups is 1. The Labute approximate surface area is 110 Å². The van der Waals surface area contributed by atoms with Crippen molar-refractivity contribution in [1.82, 2.24) is 5.32 Å². The molecule has 1 aliphatic carbocycles. The number of hydrogen-bond acceptors (Lipinski definition) is 1. The van der Waals surface area contributed by atoms with Gasteiger partial charge in [0.15, 0.2) is 0 Å².